The molecule has 0 radical (unpaired) electrons. The number of nitrogens with one attached hydrogen (secondary N) is 2. The van der Waals surface area contributed by atoms with E-state index < -0.39 is 11.9 Å². The maximum atomic E-state index is 11.9. The molecule has 20 heavy (non-hydrogen) atoms. The van der Waals surface area contributed by atoms with Crippen molar-refractivity contribution in [2.45, 2.75) is 56.2 Å². The van der Waals surface area contributed by atoms with Gasteiger partial charge in [-0.25, -0.2) is 4.79 Å². The fourth-order valence-electron chi connectivity index (χ4n) is 3.01. The molecule has 0 spiro atoms. The van der Waals surface area contributed by atoms with E-state index in [-0.39, 0.29) is 12.1 Å². The van der Waals surface area contributed by atoms with E-state index in [1.807, 2.05) is 11.8 Å². The zero-order chi connectivity index (χ0) is 14.4. The third kappa shape index (κ3) is 4.58. The van der Waals surface area contributed by atoms with E-state index in [0.29, 0.717) is 18.2 Å². The van der Waals surface area contributed by atoms with Gasteiger partial charge in [-0.3, -0.25) is 4.79 Å². The quantitative estimate of drug-likeness (QED) is 0.696. The van der Waals surface area contributed by atoms with Crippen molar-refractivity contribution in [3.8, 4) is 0 Å². The lowest BCUT2D eigenvalue weighted by molar-refractivity contribution is -0.142. The highest BCUT2D eigenvalue weighted by molar-refractivity contribution is 8.00. The molecule has 1 aliphatic heterocycles. The highest BCUT2D eigenvalue weighted by Gasteiger charge is 2.30. The maximum absolute atomic E-state index is 11.9. The minimum atomic E-state index is -0.788. The first kappa shape index (κ1) is 15.5. The van der Waals surface area contributed by atoms with E-state index in [0.717, 1.165) is 32.1 Å². The Bertz CT molecular complexity index is 345. The van der Waals surface area contributed by atoms with E-state index in [4.69, 9.17) is 0 Å². The number of amides is 2. The number of hydrogen-bond donors (Lipinski definition) is 3. The van der Waals surface area contributed by atoms with Crippen LogP contribution in [0.15, 0.2) is 0 Å². The van der Waals surface area contributed by atoms with Crippen molar-refractivity contribution < 1.29 is 14.7 Å². The van der Waals surface area contributed by atoms with E-state index in [1.54, 1.807) is 0 Å². The third-order valence-corrected chi connectivity index (χ3v) is 5.56. The highest BCUT2D eigenvalue weighted by Crippen LogP contribution is 2.25. The largest absolute Gasteiger partial charge is 0.481 e. The van der Waals surface area contributed by atoms with Crippen LogP contribution in [0, 0.1) is 5.92 Å². The van der Waals surface area contributed by atoms with Crippen LogP contribution in [0.25, 0.3) is 0 Å². The minimum absolute atomic E-state index is 0.212. The fourth-order valence-corrected chi connectivity index (χ4v) is 4.21. The Morgan fingerprint density at radius 2 is 1.90 bits per heavy atom. The molecule has 0 aromatic rings. The Balaban J connectivity index is 1.79. The Morgan fingerprint density at radius 3 is 2.60 bits per heavy atom. The standard InChI is InChI=1S/C14H24N2O3S/c17-13(18)11-6-2-1-3-7-12(11)16-14(19)15-9-10-5-4-8-20-10/h10-12H,1-9H2,(H,17,18)(H2,15,16,19). The Kier molecular flexibility index (Phi) is 6.01. The predicted octanol–water partition coefficient (Wildman–Crippen LogP) is 2.21. The molecule has 3 unspecified atom stereocenters. The summed E-state index contributed by atoms with van der Waals surface area (Å²) >= 11 is 1.90. The molecule has 0 bridgehead atoms. The van der Waals surface area contributed by atoms with Gasteiger partial charge in [-0.1, -0.05) is 19.3 Å². The van der Waals surface area contributed by atoms with Crippen molar-refractivity contribution in [2.24, 2.45) is 5.92 Å². The second-order valence-corrected chi connectivity index (χ2v) is 7.09. The first-order valence-corrected chi connectivity index (χ1v) is 8.60. The van der Waals surface area contributed by atoms with Crippen molar-refractivity contribution >= 4 is 23.8 Å². The van der Waals surface area contributed by atoms with Crippen molar-refractivity contribution in [3.63, 3.8) is 0 Å². The third-order valence-electron chi connectivity index (χ3n) is 4.16. The summed E-state index contributed by atoms with van der Waals surface area (Å²) in [4.78, 5) is 23.2. The van der Waals surface area contributed by atoms with Crippen molar-refractivity contribution in [3.05, 3.63) is 0 Å². The number of carboxylic acid groups (broad SMARTS) is 1. The summed E-state index contributed by atoms with van der Waals surface area (Å²) in [5.74, 6) is -0.0508. The lowest BCUT2D eigenvalue weighted by Gasteiger charge is -2.23. The molecule has 114 valence electrons. The molecule has 0 aromatic carbocycles. The number of carbonyl (C=O) groups is 2. The molecule has 2 rings (SSSR count). The van der Waals surface area contributed by atoms with Gasteiger partial charge < -0.3 is 15.7 Å². The SMILES string of the molecule is O=C(NCC1CCCS1)NC1CCCCCC1C(=O)O. The average Bonchev–Trinajstić information content (AvgIpc) is 2.82. The molecule has 5 nitrogen and oxygen atoms in total. The van der Waals surface area contributed by atoms with E-state index in [1.165, 1.54) is 12.2 Å². The van der Waals surface area contributed by atoms with Gasteiger partial charge in [0.25, 0.3) is 0 Å². The summed E-state index contributed by atoms with van der Waals surface area (Å²) in [6.45, 7) is 0.682. The van der Waals surface area contributed by atoms with Gasteiger partial charge in [0.1, 0.15) is 0 Å². The average molecular weight is 300 g/mol. The van der Waals surface area contributed by atoms with Gasteiger partial charge in [-0.2, -0.15) is 11.8 Å². The molecule has 0 aromatic heterocycles. The number of thioether (sulfide) groups is 1. The molecule has 1 heterocycles. The van der Waals surface area contributed by atoms with Gasteiger partial charge in [-0.05, 0) is 31.4 Å². The van der Waals surface area contributed by atoms with Crippen LogP contribution in [0.5, 0.6) is 0 Å². The maximum Gasteiger partial charge on any atom is 0.315 e. The number of rotatable bonds is 4. The molecule has 6 heteroatoms. The van der Waals surface area contributed by atoms with Crippen molar-refractivity contribution in [2.75, 3.05) is 12.3 Å². The summed E-state index contributed by atoms with van der Waals surface area (Å²) in [5.41, 5.74) is 0. The van der Waals surface area contributed by atoms with Crippen LogP contribution in [-0.2, 0) is 4.79 Å². The first-order chi connectivity index (χ1) is 9.66. The lowest BCUT2D eigenvalue weighted by atomic mass is 9.95. The van der Waals surface area contributed by atoms with Crippen molar-refractivity contribution in [1.29, 1.82) is 0 Å². The van der Waals surface area contributed by atoms with Crippen LogP contribution in [0.1, 0.15) is 44.9 Å². The topological polar surface area (TPSA) is 78.4 Å². The first-order valence-electron chi connectivity index (χ1n) is 7.55. The highest BCUT2D eigenvalue weighted by atomic mass is 32.2. The number of carbonyl (C=O) groups excluding carboxylic acids is 1. The van der Waals surface area contributed by atoms with Crippen LogP contribution in [-0.4, -0.2) is 40.7 Å². The second-order valence-electron chi connectivity index (χ2n) is 5.68. The van der Waals surface area contributed by atoms with Gasteiger partial charge in [-0.15, -0.1) is 0 Å². The normalized spacial score (nSPS) is 30.5. The molecular weight excluding hydrogens is 276 g/mol. The molecule has 3 atom stereocenters. The molecule has 2 aliphatic rings. The monoisotopic (exact) mass is 300 g/mol. The smallest absolute Gasteiger partial charge is 0.315 e. The van der Waals surface area contributed by atoms with Gasteiger partial charge in [0, 0.05) is 17.8 Å². The minimum Gasteiger partial charge on any atom is -0.481 e. The molecule has 2 fully saturated rings. The predicted molar refractivity (Wildman–Crippen MR) is 80.0 cm³/mol. The van der Waals surface area contributed by atoms with Crippen LogP contribution in [0.4, 0.5) is 4.79 Å². The Hall–Kier alpha value is -0.910. The van der Waals surface area contributed by atoms with E-state index in [9.17, 15) is 14.7 Å². The van der Waals surface area contributed by atoms with E-state index in [2.05, 4.69) is 10.6 Å². The zero-order valence-corrected chi connectivity index (χ0v) is 12.6. The van der Waals surface area contributed by atoms with E-state index >= 15 is 0 Å². The fraction of sp³-hybridized carbons (Fsp3) is 0.857. The number of carboxylic acids is 1. The summed E-state index contributed by atoms with van der Waals surface area (Å²) in [7, 11) is 0. The second kappa shape index (κ2) is 7.76. The summed E-state index contributed by atoms with van der Waals surface area (Å²) in [5, 5.41) is 15.6. The molecule has 1 aliphatic carbocycles. The van der Waals surface area contributed by atoms with Gasteiger partial charge in [0.05, 0.1) is 5.92 Å². The Labute approximate surface area is 124 Å². The summed E-state index contributed by atoms with van der Waals surface area (Å²) in [6, 6.07) is -0.443. The number of hydrogen-bond acceptors (Lipinski definition) is 3. The van der Waals surface area contributed by atoms with Gasteiger partial charge in [0.2, 0.25) is 0 Å². The molecule has 1 saturated heterocycles. The van der Waals surface area contributed by atoms with Gasteiger partial charge in [0.15, 0.2) is 0 Å². The zero-order valence-electron chi connectivity index (χ0n) is 11.8. The van der Waals surface area contributed by atoms with Crippen LogP contribution in [0.2, 0.25) is 0 Å². The van der Waals surface area contributed by atoms with Gasteiger partial charge >= 0.3 is 12.0 Å². The van der Waals surface area contributed by atoms with Crippen LogP contribution in [0.3, 0.4) is 0 Å². The molecular formula is C14H24N2O3S. The lowest BCUT2D eigenvalue weighted by Crippen LogP contribution is -2.48. The molecule has 3 N–H and O–H groups in total. The number of urea groups is 1. The number of aliphatic carboxylic acids is 1. The Morgan fingerprint density at radius 1 is 1.10 bits per heavy atom. The van der Waals surface area contributed by atoms with Crippen LogP contribution < -0.4 is 10.6 Å². The molecule has 2 amide bonds. The summed E-state index contributed by atoms with van der Waals surface area (Å²) in [6.07, 6.45) is 6.81. The molecule has 1 saturated carbocycles. The van der Waals surface area contributed by atoms with Crippen molar-refractivity contribution in [1.82, 2.24) is 10.6 Å². The van der Waals surface area contributed by atoms with Crippen LogP contribution >= 0.6 is 11.8 Å². The summed E-state index contributed by atoms with van der Waals surface area (Å²) < 4.78 is 0.